The quantitative estimate of drug-likeness (QED) is 0.865. The minimum absolute atomic E-state index is 0.0812. The van der Waals surface area contributed by atoms with Gasteiger partial charge in [-0.1, -0.05) is 29.3 Å². The van der Waals surface area contributed by atoms with E-state index in [0.29, 0.717) is 17.1 Å². The Labute approximate surface area is 158 Å². The number of piperazine rings is 1. The van der Waals surface area contributed by atoms with E-state index in [2.05, 4.69) is 27.2 Å². The second-order valence-electron chi connectivity index (χ2n) is 6.07. The number of hydrogen-bond donors (Lipinski definition) is 1. The highest BCUT2D eigenvalue weighted by molar-refractivity contribution is 6.31. The minimum Gasteiger partial charge on any atom is -0.369 e. The number of nitrogens with zero attached hydrogens (tertiary/aromatic N) is 2. The number of carbonyl (C=O) groups is 1. The molecule has 0 atom stereocenters. The summed E-state index contributed by atoms with van der Waals surface area (Å²) in [6.07, 6.45) is 0. The molecule has 1 fully saturated rings. The number of anilines is 1. The number of amides is 1. The molecule has 3 rings (SSSR count). The predicted molar refractivity (Wildman–Crippen MR) is 104 cm³/mol. The van der Waals surface area contributed by atoms with E-state index in [1.165, 1.54) is 5.69 Å². The zero-order valence-corrected chi connectivity index (χ0v) is 15.4. The van der Waals surface area contributed by atoms with Gasteiger partial charge in [-0.3, -0.25) is 9.69 Å². The Morgan fingerprint density at radius 1 is 0.960 bits per heavy atom. The lowest BCUT2D eigenvalue weighted by Crippen LogP contribution is -2.48. The van der Waals surface area contributed by atoms with Gasteiger partial charge in [0.15, 0.2) is 0 Å². The molecule has 0 aliphatic carbocycles. The van der Waals surface area contributed by atoms with Crippen LogP contribution in [0.4, 0.5) is 5.69 Å². The van der Waals surface area contributed by atoms with Gasteiger partial charge in [0.05, 0.1) is 0 Å². The fourth-order valence-electron chi connectivity index (χ4n) is 2.94. The molecule has 1 aliphatic heterocycles. The van der Waals surface area contributed by atoms with Gasteiger partial charge in [-0.25, -0.2) is 0 Å². The molecule has 4 nitrogen and oxygen atoms in total. The van der Waals surface area contributed by atoms with E-state index in [-0.39, 0.29) is 5.91 Å². The van der Waals surface area contributed by atoms with Crippen molar-refractivity contribution < 1.29 is 4.79 Å². The number of rotatable bonds is 5. The molecule has 2 aromatic rings. The van der Waals surface area contributed by atoms with Crippen molar-refractivity contribution in [3.05, 3.63) is 64.1 Å². The molecule has 6 heteroatoms. The van der Waals surface area contributed by atoms with Crippen molar-refractivity contribution in [2.45, 2.75) is 0 Å². The lowest BCUT2D eigenvalue weighted by molar-refractivity contribution is 0.0948. The van der Waals surface area contributed by atoms with E-state index in [1.54, 1.807) is 24.3 Å². The third-order valence-electron chi connectivity index (χ3n) is 4.36. The summed E-state index contributed by atoms with van der Waals surface area (Å²) in [6.45, 7) is 5.39. The van der Waals surface area contributed by atoms with Gasteiger partial charge in [0.25, 0.3) is 5.91 Å². The largest absolute Gasteiger partial charge is 0.369 e. The van der Waals surface area contributed by atoms with Crippen LogP contribution in [0.25, 0.3) is 0 Å². The molecule has 2 aromatic carbocycles. The Balaban J connectivity index is 1.40. The highest BCUT2D eigenvalue weighted by Crippen LogP contribution is 2.19. The highest BCUT2D eigenvalue weighted by Gasteiger charge is 2.17. The van der Waals surface area contributed by atoms with Crippen molar-refractivity contribution in [3.63, 3.8) is 0 Å². The zero-order chi connectivity index (χ0) is 17.6. The first-order chi connectivity index (χ1) is 12.1. The van der Waals surface area contributed by atoms with Crippen LogP contribution in [-0.4, -0.2) is 50.1 Å². The Hall–Kier alpha value is -1.75. The molecule has 1 amide bonds. The maximum Gasteiger partial charge on any atom is 0.251 e. The number of nitrogens with one attached hydrogen (secondary N) is 1. The highest BCUT2D eigenvalue weighted by atomic mass is 35.5. The van der Waals surface area contributed by atoms with Crippen LogP contribution in [0, 0.1) is 0 Å². The summed E-state index contributed by atoms with van der Waals surface area (Å²) < 4.78 is 0. The molecule has 0 aromatic heterocycles. The molecule has 0 bridgehead atoms. The minimum atomic E-state index is -0.0812. The van der Waals surface area contributed by atoms with Crippen LogP contribution in [0.3, 0.4) is 0 Å². The standard InChI is InChI=1S/C19H21Cl2N3O/c20-16-4-6-18(7-5-16)24-12-10-23(11-13-24)9-8-22-19(25)15-2-1-3-17(21)14-15/h1-7,14H,8-13H2,(H,22,25). The molecule has 1 saturated heterocycles. The Morgan fingerprint density at radius 3 is 2.36 bits per heavy atom. The van der Waals surface area contributed by atoms with E-state index >= 15 is 0 Å². The summed E-state index contributed by atoms with van der Waals surface area (Å²) >= 11 is 11.9. The van der Waals surface area contributed by atoms with E-state index in [4.69, 9.17) is 23.2 Å². The molecule has 1 heterocycles. The fourth-order valence-corrected chi connectivity index (χ4v) is 3.26. The van der Waals surface area contributed by atoms with Crippen LogP contribution >= 0.6 is 23.2 Å². The molecule has 0 radical (unpaired) electrons. The second kappa shape index (κ2) is 8.56. The normalized spacial score (nSPS) is 15.2. The van der Waals surface area contributed by atoms with Crippen LogP contribution in [0.5, 0.6) is 0 Å². The van der Waals surface area contributed by atoms with Crippen LogP contribution in [0.15, 0.2) is 48.5 Å². The molecular formula is C19H21Cl2N3O. The maximum atomic E-state index is 12.1. The van der Waals surface area contributed by atoms with E-state index < -0.39 is 0 Å². The Bertz CT molecular complexity index is 713. The summed E-state index contributed by atoms with van der Waals surface area (Å²) in [5.41, 5.74) is 1.80. The summed E-state index contributed by atoms with van der Waals surface area (Å²) in [4.78, 5) is 16.8. The molecular weight excluding hydrogens is 357 g/mol. The monoisotopic (exact) mass is 377 g/mol. The number of benzene rings is 2. The summed E-state index contributed by atoms with van der Waals surface area (Å²) in [6, 6.07) is 15.0. The predicted octanol–water partition coefficient (Wildman–Crippen LogP) is 3.55. The van der Waals surface area contributed by atoms with Crippen LogP contribution in [0.2, 0.25) is 10.0 Å². The lowest BCUT2D eigenvalue weighted by Gasteiger charge is -2.36. The average molecular weight is 378 g/mol. The van der Waals surface area contributed by atoms with Crippen molar-refractivity contribution in [2.24, 2.45) is 0 Å². The van der Waals surface area contributed by atoms with Crippen molar-refractivity contribution >= 4 is 34.8 Å². The maximum absolute atomic E-state index is 12.1. The summed E-state index contributed by atoms with van der Waals surface area (Å²) in [5.74, 6) is -0.0812. The van der Waals surface area contributed by atoms with Crippen molar-refractivity contribution in [2.75, 3.05) is 44.2 Å². The van der Waals surface area contributed by atoms with E-state index in [0.717, 1.165) is 37.7 Å². The average Bonchev–Trinajstić information content (AvgIpc) is 2.63. The van der Waals surface area contributed by atoms with Gasteiger partial charge < -0.3 is 10.2 Å². The Morgan fingerprint density at radius 2 is 1.68 bits per heavy atom. The Kier molecular flexibility index (Phi) is 6.19. The number of hydrogen-bond acceptors (Lipinski definition) is 3. The smallest absolute Gasteiger partial charge is 0.251 e. The van der Waals surface area contributed by atoms with E-state index in [1.807, 2.05) is 12.1 Å². The fraction of sp³-hybridized carbons (Fsp3) is 0.316. The molecule has 0 unspecified atom stereocenters. The van der Waals surface area contributed by atoms with Gasteiger partial charge in [-0.15, -0.1) is 0 Å². The SMILES string of the molecule is O=C(NCCN1CCN(c2ccc(Cl)cc2)CC1)c1cccc(Cl)c1. The van der Waals surface area contributed by atoms with Crippen LogP contribution < -0.4 is 10.2 Å². The number of halogens is 2. The second-order valence-corrected chi connectivity index (χ2v) is 6.94. The van der Waals surface area contributed by atoms with Crippen molar-refractivity contribution in [3.8, 4) is 0 Å². The first-order valence-electron chi connectivity index (χ1n) is 8.38. The van der Waals surface area contributed by atoms with Gasteiger partial charge in [0.1, 0.15) is 0 Å². The van der Waals surface area contributed by atoms with Crippen LogP contribution in [0.1, 0.15) is 10.4 Å². The lowest BCUT2D eigenvalue weighted by atomic mass is 10.2. The first kappa shape index (κ1) is 18.1. The van der Waals surface area contributed by atoms with Gasteiger partial charge in [0, 0.05) is 60.6 Å². The topological polar surface area (TPSA) is 35.6 Å². The third-order valence-corrected chi connectivity index (χ3v) is 4.85. The molecule has 1 aliphatic rings. The summed E-state index contributed by atoms with van der Waals surface area (Å²) in [7, 11) is 0. The third kappa shape index (κ3) is 5.11. The zero-order valence-electron chi connectivity index (χ0n) is 13.9. The van der Waals surface area contributed by atoms with Crippen LogP contribution in [-0.2, 0) is 0 Å². The van der Waals surface area contributed by atoms with Crippen molar-refractivity contribution in [1.29, 1.82) is 0 Å². The van der Waals surface area contributed by atoms with Gasteiger partial charge in [0.2, 0.25) is 0 Å². The number of carbonyl (C=O) groups excluding carboxylic acids is 1. The molecule has 25 heavy (non-hydrogen) atoms. The summed E-state index contributed by atoms with van der Waals surface area (Å²) in [5, 5.41) is 4.29. The van der Waals surface area contributed by atoms with E-state index in [9.17, 15) is 4.79 Å². The molecule has 0 spiro atoms. The molecule has 132 valence electrons. The molecule has 0 saturated carbocycles. The van der Waals surface area contributed by atoms with Crippen molar-refractivity contribution in [1.82, 2.24) is 10.2 Å². The molecule has 1 N–H and O–H groups in total. The first-order valence-corrected chi connectivity index (χ1v) is 9.14. The van der Waals surface area contributed by atoms with Gasteiger partial charge >= 0.3 is 0 Å². The van der Waals surface area contributed by atoms with Gasteiger partial charge in [-0.2, -0.15) is 0 Å². The van der Waals surface area contributed by atoms with Gasteiger partial charge in [-0.05, 0) is 42.5 Å².